The lowest BCUT2D eigenvalue weighted by molar-refractivity contribution is -0.132. The highest BCUT2D eigenvalue weighted by atomic mass is 32.2. The summed E-state index contributed by atoms with van der Waals surface area (Å²) in [6, 6.07) is 16.9. The predicted octanol–water partition coefficient (Wildman–Crippen LogP) is 3.11. The first-order chi connectivity index (χ1) is 15.3. The van der Waals surface area contributed by atoms with Crippen LogP contribution in [0.15, 0.2) is 59.5 Å². The Morgan fingerprint density at radius 2 is 1.62 bits per heavy atom. The molecule has 1 N–H and O–H groups in total. The summed E-state index contributed by atoms with van der Waals surface area (Å²) in [6.07, 6.45) is 0.899. The van der Waals surface area contributed by atoms with E-state index in [0.29, 0.717) is 19.0 Å². The Labute approximate surface area is 192 Å². The molecule has 1 aliphatic rings. The molecule has 7 heteroatoms. The summed E-state index contributed by atoms with van der Waals surface area (Å²) in [6.45, 7) is 9.05. The van der Waals surface area contributed by atoms with E-state index in [4.69, 9.17) is 0 Å². The van der Waals surface area contributed by atoms with Gasteiger partial charge in [-0.2, -0.15) is 4.31 Å². The number of benzene rings is 2. The summed E-state index contributed by atoms with van der Waals surface area (Å²) >= 11 is 0. The Bertz CT molecular complexity index is 969. The normalized spacial score (nSPS) is 15.8. The van der Waals surface area contributed by atoms with Gasteiger partial charge in [0.05, 0.1) is 11.4 Å². The van der Waals surface area contributed by atoms with Crippen molar-refractivity contribution in [3.05, 3.63) is 65.7 Å². The van der Waals surface area contributed by atoms with E-state index in [0.717, 1.165) is 30.6 Å². The number of piperazine rings is 1. The van der Waals surface area contributed by atoms with Crippen LogP contribution in [0, 0.1) is 5.92 Å². The third-order valence-electron chi connectivity index (χ3n) is 5.83. The lowest BCUT2D eigenvalue weighted by Crippen LogP contribution is -2.50. The number of hydrogen-bond acceptors (Lipinski definition) is 4. The SMILES string of the molecule is CC(C)Cc1ccc(S(=O)(=O)N(CC(=O)N2CCNCC2)CC(C)c2ccccc2)cc1. The number of hydrogen-bond donors (Lipinski definition) is 1. The Kier molecular flexibility index (Phi) is 8.45. The number of amides is 1. The molecule has 1 unspecified atom stereocenters. The molecule has 2 aromatic rings. The number of carbonyl (C=O) groups is 1. The second-order valence-corrected chi connectivity index (χ2v) is 10.9. The van der Waals surface area contributed by atoms with Crippen LogP contribution in [0.25, 0.3) is 0 Å². The zero-order valence-corrected chi connectivity index (χ0v) is 20.1. The standard InChI is InChI=1S/C25H35N3O3S/c1-20(2)17-22-9-11-24(12-10-22)32(30,31)28(18-21(3)23-7-5-4-6-8-23)19-25(29)27-15-13-26-14-16-27/h4-12,20-21,26H,13-19H2,1-3H3. The average Bonchev–Trinajstić information content (AvgIpc) is 2.79. The van der Waals surface area contributed by atoms with Crippen LogP contribution in [0.3, 0.4) is 0 Å². The minimum atomic E-state index is -3.81. The summed E-state index contributed by atoms with van der Waals surface area (Å²) in [5.41, 5.74) is 2.16. The topological polar surface area (TPSA) is 69.7 Å². The quantitative estimate of drug-likeness (QED) is 0.628. The zero-order valence-electron chi connectivity index (χ0n) is 19.3. The van der Waals surface area contributed by atoms with Crippen molar-refractivity contribution in [3.63, 3.8) is 0 Å². The van der Waals surface area contributed by atoms with E-state index in [1.54, 1.807) is 17.0 Å². The average molecular weight is 458 g/mol. The smallest absolute Gasteiger partial charge is 0.243 e. The summed E-state index contributed by atoms with van der Waals surface area (Å²) in [5, 5.41) is 3.23. The van der Waals surface area contributed by atoms with Gasteiger partial charge in [0.1, 0.15) is 0 Å². The van der Waals surface area contributed by atoms with Crippen LogP contribution in [0.5, 0.6) is 0 Å². The maximum Gasteiger partial charge on any atom is 0.243 e. The Morgan fingerprint density at radius 3 is 2.22 bits per heavy atom. The highest BCUT2D eigenvalue weighted by Crippen LogP contribution is 2.23. The highest BCUT2D eigenvalue weighted by Gasteiger charge is 2.30. The van der Waals surface area contributed by atoms with Gasteiger partial charge in [0, 0.05) is 32.7 Å². The number of sulfonamides is 1. The molecule has 1 atom stereocenters. The van der Waals surface area contributed by atoms with Gasteiger partial charge in [-0.25, -0.2) is 8.42 Å². The number of rotatable bonds is 9. The van der Waals surface area contributed by atoms with E-state index in [9.17, 15) is 13.2 Å². The van der Waals surface area contributed by atoms with Gasteiger partial charge in [-0.3, -0.25) is 4.79 Å². The molecular formula is C25H35N3O3S. The zero-order chi connectivity index (χ0) is 23.1. The van der Waals surface area contributed by atoms with Crippen LogP contribution in [-0.4, -0.2) is 62.8 Å². The monoisotopic (exact) mass is 457 g/mol. The minimum absolute atomic E-state index is 0.0398. The molecule has 1 aliphatic heterocycles. The van der Waals surface area contributed by atoms with E-state index in [1.165, 1.54) is 4.31 Å². The molecule has 1 amide bonds. The molecule has 32 heavy (non-hydrogen) atoms. The van der Waals surface area contributed by atoms with Crippen LogP contribution < -0.4 is 5.32 Å². The first kappa shape index (κ1) is 24.4. The summed E-state index contributed by atoms with van der Waals surface area (Å²) < 4.78 is 28.5. The molecule has 174 valence electrons. The molecule has 1 saturated heterocycles. The van der Waals surface area contributed by atoms with Crippen LogP contribution in [-0.2, 0) is 21.2 Å². The van der Waals surface area contributed by atoms with E-state index >= 15 is 0 Å². The van der Waals surface area contributed by atoms with Gasteiger partial charge in [-0.15, -0.1) is 0 Å². The fourth-order valence-corrected chi connectivity index (χ4v) is 5.50. The third kappa shape index (κ3) is 6.40. The fraction of sp³-hybridized carbons (Fsp3) is 0.480. The van der Waals surface area contributed by atoms with Gasteiger partial charge in [-0.05, 0) is 41.5 Å². The molecule has 0 aromatic heterocycles. The molecule has 1 fully saturated rings. The first-order valence-electron chi connectivity index (χ1n) is 11.4. The fourth-order valence-electron chi connectivity index (χ4n) is 4.02. The third-order valence-corrected chi connectivity index (χ3v) is 7.66. The van der Waals surface area contributed by atoms with Crippen molar-refractivity contribution >= 4 is 15.9 Å². The number of nitrogens with one attached hydrogen (secondary N) is 1. The van der Waals surface area contributed by atoms with Crippen molar-refractivity contribution in [1.29, 1.82) is 0 Å². The maximum absolute atomic E-state index is 13.6. The van der Waals surface area contributed by atoms with Gasteiger partial charge in [0.25, 0.3) is 0 Å². The van der Waals surface area contributed by atoms with Gasteiger partial charge in [0.2, 0.25) is 15.9 Å². The predicted molar refractivity (Wildman–Crippen MR) is 128 cm³/mol. The van der Waals surface area contributed by atoms with Crippen molar-refractivity contribution in [2.75, 3.05) is 39.3 Å². The Balaban J connectivity index is 1.84. The van der Waals surface area contributed by atoms with E-state index in [2.05, 4.69) is 19.2 Å². The molecular weight excluding hydrogens is 422 g/mol. The summed E-state index contributed by atoms with van der Waals surface area (Å²) in [7, 11) is -3.81. The van der Waals surface area contributed by atoms with Crippen LogP contribution in [0.1, 0.15) is 37.8 Å². The van der Waals surface area contributed by atoms with E-state index in [-0.39, 0.29) is 29.8 Å². The van der Waals surface area contributed by atoms with Crippen LogP contribution >= 0.6 is 0 Å². The molecule has 2 aromatic carbocycles. The van der Waals surface area contributed by atoms with Crippen LogP contribution in [0.4, 0.5) is 0 Å². The van der Waals surface area contributed by atoms with Crippen molar-refractivity contribution in [1.82, 2.24) is 14.5 Å². The summed E-state index contributed by atoms with van der Waals surface area (Å²) in [5.74, 6) is 0.311. The second-order valence-electron chi connectivity index (χ2n) is 8.98. The Morgan fingerprint density at radius 1 is 1.00 bits per heavy atom. The molecule has 0 radical (unpaired) electrons. The maximum atomic E-state index is 13.6. The number of carbonyl (C=O) groups excluding carboxylic acids is 1. The number of nitrogens with zero attached hydrogens (tertiary/aromatic N) is 2. The minimum Gasteiger partial charge on any atom is -0.339 e. The van der Waals surface area contributed by atoms with E-state index < -0.39 is 10.0 Å². The van der Waals surface area contributed by atoms with Crippen molar-refractivity contribution in [2.24, 2.45) is 5.92 Å². The van der Waals surface area contributed by atoms with Gasteiger partial charge in [-0.1, -0.05) is 63.2 Å². The molecule has 0 spiro atoms. The van der Waals surface area contributed by atoms with Crippen LogP contribution in [0.2, 0.25) is 0 Å². The molecule has 6 nitrogen and oxygen atoms in total. The molecule has 0 saturated carbocycles. The lowest BCUT2D eigenvalue weighted by atomic mass is 10.0. The lowest BCUT2D eigenvalue weighted by Gasteiger charge is -2.31. The molecule has 1 heterocycles. The van der Waals surface area contributed by atoms with Crippen molar-refractivity contribution in [3.8, 4) is 0 Å². The summed E-state index contributed by atoms with van der Waals surface area (Å²) in [4.78, 5) is 15.0. The highest BCUT2D eigenvalue weighted by molar-refractivity contribution is 7.89. The molecule has 3 rings (SSSR count). The first-order valence-corrected chi connectivity index (χ1v) is 12.8. The second kappa shape index (κ2) is 11.1. The molecule has 0 bridgehead atoms. The molecule has 0 aliphatic carbocycles. The van der Waals surface area contributed by atoms with Crippen molar-refractivity contribution < 1.29 is 13.2 Å². The van der Waals surface area contributed by atoms with Gasteiger partial charge < -0.3 is 10.2 Å². The van der Waals surface area contributed by atoms with Gasteiger partial charge >= 0.3 is 0 Å². The largest absolute Gasteiger partial charge is 0.339 e. The Hall–Kier alpha value is -2.22. The van der Waals surface area contributed by atoms with Crippen molar-refractivity contribution in [2.45, 2.75) is 38.0 Å². The van der Waals surface area contributed by atoms with E-state index in [1.807, 2.05) is 49.4 Å². The van der Waals surface area contributed by atoms with Gasteiger partial charge in [0.15, 0.2) is 0 Å².